The molecule has 1 amide bonds. The number of nitrogens with zero attached hydrogens (tertiary/aromatic N) is 3. The molecule has 0 bridgehead atoms. The molecule has 6 nitrogen and oxygen atoms in total. The zero-order valence-corrected chi connectivity index (χ0v) is 22.0. The molecule has 2 aliphatic rings. The molecular weight excluding hydrogens is 450 g/mol. The Morgan fingerprint density at radius 2 is 1.83 bits per heavy atom. The number of aliphatic hydroxyl groups is 1. The summed E-state index contributed by atoms with van der Waals surface area (Å²) in [6.07, 6.45) is 2.61. The third kappa shape index (κ3) is 4.82. The van der Waals surface area contributed by atoms with E-state index in [-0.39, 0.29) is 30.6 Å². The minimum absolute atomic E-state index is 0.0269. The summed E-state index contributed by atoms with van der Waals surface area (Å²) in [5, 5.41) is 11.2. The Labute approximate surface area is 214 Å². The topological polar surface area (TPSA) is 57.9 Å². The second-order valence-electron chi connectivity index (χ2n) is 10.9. The molecule has 0 unspecified atom stereocenters. The van der Waals surface area contributed by atoms with Crippen molar-refractivity contribution >= 4 is 16.8 Å². The summed E-state index contributed by atoms with van der Waals surface area (Å²) in [5.41, 5.74) is 4.76. The van der Waals surface area contributed by atoms with E-state index in [4.69, 9.17) is 4.74 Å². The highest BCUT2D eigenvalue weighted by Gasteiger charge is 2.34. The fourth-order valence-corrected chi connectivity index (χ4v) is 5.65. The van der Waals surface area contributed by atoms with Crippen LogP contribution >= 0.6 is 0 Å². The molecule has 1 aromatic heterocycles. The lowest BCUT2D eigenvalue weighted by Gasteiger charge is -2.35. The van der Waals surface area contributed by atoms with Crippen molar-refractivity contribution in [2.75, 3.05) is 33.3 Å². The molecule has 3 aromatic rings. The second kappa shape index (κ2) is 10.4. The van der Waals surface area contributed by atoms with Crippen molar-refractivity contribution in [3.8, 4) is 11.1 Å². The molecular formula is C30H39N3O3. The molecule has 36 heavy (non-hydrogen) atoms. The summed E-state index contributed by atoms with van der Waals surface area (Å²) in [5.74, 6) is 0.871. The average Bonchev–Trinajstić information content (AvgIpc) is 3.65. The summed E-state index contributed by atoms with van der Waals surface area (Å²) in [6, 6.07) is 16.2. The SMILES string of the molecule is C[C@H](CO)N1C[C@H](C)[C@H](CN(C)CC2CC2)OCc2ccccc2-c2c(n(C)c3ccccc23)C1=O. The predicted octanol–water partition coefficient (Wildman–Crippen LogP) is 4.55. The second-order valence-corrected chi connectivity index (χ2v) is 10.9. The van der Waals surface area contributed by atoms with Crippen molar-refractivity contribution in [3.63, 3.8) is 0 Å². The lowest BCUT2D eigenvalue weighted by atomic mass is 9.96. The van der Waals surface area contributed by atoms with E-state index < -0.39 is 0 Å². The van der Waals surface area contributed by atoms with E-state index in [1.54, 1.807) is 0 Å². The Balaban J connectivity index is 1.63. The molecule has 192 valence electrons. The standard InChI is InChI=1S/C30H39N3O3/c1-20-15-33(21(2)18-34)30(35)29-28(25-11-7-8-12-26(25)32(29)4)24-10-6-5-9-23(24)19-36-27(20)17-31(3)16-22-13-14-22/h5-12,20-22,27,34H,13-19H2,1-4H3/t20-,21+,27-/m0/s1. The van der Waals surface area contributed by atoms with Gasteiger partial charge in [-0.05, 0) is 49.9 Å². The number of aryl methyl sites for hydroxylation is 1. The maximum Gasteiger partial charge on any atom is 0.271 e. The molecule has 0 radical (unpaired) electrons. The third-order valence-electron chi connectivity index (χ3n) is 7.98. The van der Waals surface area contributed by atoms with Gasteiger partial charge < -0.3 is 24.2 Å². The Morgan fingerprint density at radius 1 is 1.11 bits per heavy atom. The van der Waals surface area contributed by atoms with Gasteiger partial charge >= 0.3 is 0 Å². The van der Waals surface area contributed by atoms with Gasteiger partial charge in [0.2, 0.25) is 0 Å². The van der Waals surface area contributed by atoms with Gasteiger partial charge in [-0.15, -0.1) is 0 Å². The van der Waals surface area contributed by atoms with Crippen molar-refractivity contribution in [2.45, 2.75) is 45.4 Å². The number of carbonyl (C=O) groups is 1. The molecule has 3 atom stereocenters. The first-order chi connectivity index (χ1) is 17.4. The van der Waals surface area contributed by atoms with E-state index >= 15 is 0 Å². The summed E-state index contributed by atoms with van der Waals surface area (Å²) < 4.78 is 8.69. The number of hydrogen-bond acceptors (Lipinski definition) is 4. The summed E-state index contributed by atoms with van der Waals surface area (Å²) in [7, 11) is 4.15. The maximum atomic E-state index is 14.3. The zero-order valence-electron chi connectivity index (χ0n) is 22.0. The molecule has 1 aliphatic carbocycles. The first-order valence-corrected chi connectivity index (χ1v) is 13.3. The molecule has 0 spiro atoms. The van der Waals surface area contributed by atoms with Crippen LogP contribution in [0.1, 0.15) is 42.7 Å². The van der Waals surface area contributed by atoms with E-state index in [1.165, 1.54) is 12.8 Å². The zero-order chi connectivity index (χ0) is 25.4. The molecule has 0 saturated heterocycles. The van der Waals surface area contributed by atoms with Crippen LogP contribution in [0.4, 0.5) is 0 Å². The fourth-order valence-electron chi connectivity index (χ4n) is 5.65. The molecule has 2 aromatic carbocycles. The van der Waals surface area contributed by atoms with E-state index in [1.807, 2.05) is 47.7 Å². The van der Waals surface area contributed by atoms with Gasteiger partial charge in [-0.3, -0.25) is 4.79 Å². The molecule has 1 aliphatic heterocycles. The lowest BCUT2D eigenvalue weighted by Crippen LogP contribution is -2.47. The van der Waals surface area contributed by atoms with Crippen LogP contribution in [0, 0.1) is 11.8 Å². The smallest absolute Gasteiger partial charge is 0.271 e. The summed E-state index contributed by atoms with van der Waals surface area (Å²) >= 11 is 0. The summed E-state index contributed by atoms with van der Waals surface area (Å²) in [4.78, 5) is 18.6. The number of aliphatic hydroxyl groups excluding tert-OH is 1. The minimum atomic E-state index is -0.299. The predicted molar refractivity (Wildman–Crippen MR) is 144 cm³/mol. The Kier molecular flexibility index (Phi) is 7.20. The van der Waals surface area contributed by atoms with Crippen LogP contribution in [0.25, 0.3) is 22.0 Å². The van der Waals surface area contributed by atoms with Crippen molar-refractivity contribution in [2.24, 2.45) is 18.9 Å². The molecule has 5 rings (SSSR count). The maximum absolute atomic E-state index is 14.3. The van der Waals surface area contributed by atoms with Gasteiger partial charge in [0.15, 0.2) is 0 Å². The van der Waals surface area contributed by atoms with E-state index in [9.17, 15) is 9.90 Å². The van der Waals surface area contributed by atoms with Gasteiger partial charge in [0.05, 0.1) is 25.4 Å². The van der Waals surface area contributed by atoms with Gasteiger partial charge in [0.1, 0.15) is 5.69 Å². The highest BCUT2D eigenvalue weighted by molar-refractivity contribution is 6.10. The molecule has 6 heteroatoms. The number of fused-ring (bicyclic) bond motifs is 5. The van der Waals surface area contributed by atoms with Crippen LogP contribution in [-0.4, -0.2) is 70.8 Å². The van der Waals surface area contributed by atoms with Crippen LogP contribution in [0.3, 0.4) is 0 Å². The Bertz CT molecular complexity index is 1230. The number of hydrogen-bond donors (Lipinski definition) is 1. The van der Waals surface area contributed by atoms with Crippen molar-refractivity contribution in [3.05, 3.63) is 59.8 Å². The van der Waals surface area contributed by atoms with E-state index in [2.05, 4.69) is 43.1 Å². The van der Waals surface area contributed by atoms with Gasteiger partial charge in [-0.25, -0.2) is 0 Å². The number of ether oxygens (including phenoxy) is 1. The first kappa shape index (κ1) is 25.0. The highest BCUT2D eigenvalue weighted by Crippen LogP contribution is 2.38. The Morgan fingerprint density at radius 3 is 2.58 bits per heavy atom. The van der Waals surface area contributed by atoms with Crippen molar-refractivity contribution in [1.82, 2.24) is 14.4 Å². The fraction of sp³-hybridized carbons (Fsp3) is 0.500. The van der Waals surface area contributed by atoms with Gasteiger partial charge in [-0.1, -0.05) is 49.4 Å². The average molecular weight is 490 g/mol. The molecule has 1 saturated carbocycles. The van der Waals surface area contributed by atoms with Gasteiger partial charge in [0, 0.05) is 49.1 Å². The van der Waals surface area contributed by atoms with Crippen LogP contribution in [0.15, 0.2) is 48.5 Å². The normalized spacial score (nSPS) is 21.8. The number of amides is 1. The summed E-state index contributed by atoms with van der Waals surface area (Å²) in [6.45, 7) is 6.96. The van der Waals surface area contributed by atoms with E-state index in [0.29, 0.717) is 18.8 Å². The first-order valence-electron chi connectivity index (χ1n) is 13.3. The van der Waals surface area contributed by atoms with Gasteiger partial charge in [-0.2, -0.15) is 0 Å². The number of aromatic nitrogens is 1. The highest BCUT2D eigenvalue weighted by atomic mass is 16.5. The van der Waals surface area contributed by atoms with Crippen LogP contribution in [0.2, 0.25) is 0 Å². The van der Waals surface area contributed by atoms with Crippen molar-refractivity contribution < 1.29 is 14.6 Å². The number of rotatable bonds is 6. The number of benzene rings is 2. The quantitative estimate of drug-likeness (QED) is 0.552. The minimum Gasteiger partial charge on any atom is -0.394 e. The Hall–Kier alpha value is -2.67. The monoisotopic (exact) mass is 489 g/mol. The van der Waals surface area contributed by atoms with Crippen LogP contribution < -0.4 is 0 Å². The van der Waals surface area contributed by atoms with E-state index in [0.717, 1.165) is 46.6 Å². The number of carbonyl (C=O) groups excluding carboxylic acids is 1. The van der Waals surface area contributed by atoms with Crippen LogP contribution in [-0.2, 0) is 18.4 Å². The molecule has 2 heterocycles. The third-order valence-corrected chi connectivity index (χ3v) is 7.98. The molecule has 1 fully saturated rings. The number of likely N-dealkylation sites (N-methyl/N-ethyl adjacent to an activating group) is 1. The van der Waals surface area contributed by atoms with Crippen LogP contribution in [0.5, 0.6) is 0 Å². The lowest BCUT2D eigenvalue weighted by molar-refractivity contribution is -0.0236. The van der Waals surface area contributed by atoms with Crippen molar-refractivity contribution in [1.29, 1.82) is 0 Å². The number of para-hydroxylation sites is 1. The largest absolute Gasteiger partial charge is 0.394 e. The molecule has 1 N–H and O–H groups in total. The van der Waals surface area contributed by atoms with Gasteiger partial charge in [0.25, 0.3) is 5.91 Å².